The zero-order chi connectivity index (χ0) is 15.1. The van der Waals surface area contributed by atoms with E-state index in [-0.39, 0.29) is 6.17 Å². The molecule has 0 amide bonds. The van der Waals surface area contributed by atoms with Gasteiger partial charge in [-0.25, -0.2) is 0 Å². The van der Waals surface area contributed by atoms with Gasteiger partial charge in [-0.15, -0.1) is 0 Å². The Labute approximate surface area is 130 Å². The summed E-state index contributed by atoms with van der Waals surface area (Å²) >= 11 is 6.27. The Morgan fingerprint density at radius 3 is 2.38 bits per heavy atom. The fourth-order valence-corrected chi connectivity index (χ4v) is 3.47. The van der Waals surface area contributed by atoms with Crippen LogP contribution < -0.4 is 10.6 Å². The molecule has 1 aliphatic rings. The summed E-state index contributed by atoms with van der Waals surface area (Å²) in [5, 5.41) is 7.69. The molecule has 108 valence electrons. The number of anilines is 1. The molecule has 0 fully saturated rings. The first-order valence-corrected chi connectivity index (χ1v) is 7.44. The quantitative estimate of drug-likeness (QED) is 0.778. The molecule has 0 saturated carbocycles. The topological polar surface area (TPSA) is 24.1 Å². The lowest BCUT2D eigenvalue weighted by atomic mass is 9.95. The van der Waals surface area contributed by atoms with Crippen LogP contribution in [0.15, 0.2) is 36.9 Å². The van der Waals surface area contributed by atoms with Gasteiger partial charge in [-0.3, -0.25) is 0 Å². The van der Waals surface area contributed by atoms with E-state index in [9.17, 15) is 0 Å². The molecular formula is C18H19ClN2. The van der Waals surface area contributed by atoms with Gasteiger partial charge in [-0.1, -0.05) is 41.9 Å². The summed E-state index contributed by atoms with van der Waals surface area (Å²) in [6.07, 6.45) is 0.0177. The summed E-state index contributed by atoms with van der Waals surface area (Å²) in [4.78, 5) is 0. The van der Waals surface area contributed by atoms with E-state index in [2.05, 4.69) is 50.1 Å². The predicted molar refractivity (Wildman–Crippen MR) is 90.6 cm³/mol. The first-order valence-electron chi connectivity index (χ1n) is 7.06. The minimum atomic E-state index is 0.0177. The molecule has 0 saturated heterocycles. The van der Waals surface area contributed by atoms with E-state index in [0.717, 1.165) is 16.9 Å². The number of hydrogen-bond donors (Lipinski definition) is 2. The first-order chi connectivity index (χ1) is 9.97. The summed E-state index contributed by atoms with van der Waals surface area (Å²) in [7, 11) is 0. The number of fused-ring (bicyclic) bond motifs is 1. The Morgan fingerprint density at radius 1 is 1.05 bits per heavy atom. The second kappa shape index (κ2) is 5.12. The maximum Gasteiger partial charge on any atom is 0.124 e. The fraction of sp³-hybridized carbons (Fsp3) is 0.222. The van der Waals surface area contributed by atoms with E-state index in [1.165, 1.54) is 22.3 Å². The fourth-order valence-electron chi connectivity index (χ4n) is 3.18. The van der Waals surface area contributed by atoms with E-state index >= 15 is 0 Å². The summed E-state index contributed by atoms with van der Waals surface area (Å²) in [5.74, 6) is 0. The van der Waals surface area contributed by atoms with Crippen molar-refractivity contribution in [2.24, 2.45) is 0 Å². The summed E-state index contributed by atoms with van der Waals surface area (Å²) < 4.78 is 0. The highest BCUT2D eigenvalue weighted by Crippen LogP contribution is 2.37. The van der Waals surface area contributed by atoms with E-state index in [0.29, 0.717) is 5.02 Å². The number of halogens is 1. The van der Waals surface area contributed by atoms with Gasteiger partial charge in [0.15, 0.2) is 0 Å². The zero-order valence-corrected chi connectivity index (χ0v) is 13.3. The average molecular weight is 299 g/mol. The molecule has 0 aromatic heterocycles. The Balaban J connectivity index is 2.06. The summed E-state index contributed by atoms with van der Waals surface area (Å²) in [5.41, 5.74) is 7.94. The van der Waals surface area contributed by atoms with Gasteiger partial charge < -0.3 is 10.6 Å². The summed E-state index contributed by atoms with van der Waals surface area (Å²) in [6, 6.07) is 10.3. The third-order valence-electron chi connectivity index (χ3n) is 3.96. The van der Waals surface area contributed by atoms with Crippen molar-refractivity contribution in [2.45, 2.75) is 26.9 Å². The molecule has 0 aliphatic carbocycles. The van der Waals surface area contributed by atoms with Crippen LogP contribution in [0.25, 0.3) is 5.70 Å². The van der Waals surface area contributed by atoms with Gasteiger partial charge >= 0.3 is 0 Å². The van der Waals surface area contributed by atoms with Crippen molar-refractivity contribution in [1.29, 1.82) is 0 Å². The van der Waals surface area contributed by atoms with Gasteiger partial charge in [0, 0.05) is 22.5 Å². The van der Waals surface area contributed by atoms with Crippen molar-refractivity contribution in [1.82, 2.24) is 5.32 Å². The SMILES string of the molecule is C=C1NC(c2c(C)cc(C)cc2C)Nc2cccc(Cl)c21. The van der Waals surface area contributed by atoms with Gasteiger partial charge in [0.1, 0.15) is 6.17 Å². The van der Waals surface area contributed by atoms with Crippen molar-refractivity contribution in [3.05, 3.63) is 69.8 Å². The van der Waals surface area contributed by atoms with Gasteiger partial charge in [-0.2, -0.15) is 0 Å². The Kier molecular flexibility index (Phi) is 3.42. The maximum absolute atomic E-state index is 6.27. The molecule has 0 spiro atoms. The van der Waals surface area contributed by atoms with Gasteiger partial charge in [-0.05, 0) is 44.0 Å². The van der Waals surface area contributed by atoms with E-state index in [1.807, 2.05) is 18.2 Å². The molecule has 2 aromatic carbocycles. The second-order valence-electron chi connectivity index (χ2n) is 5.68. The lowest BCUT2D eigenvalue weighted by Crippen LogP contribution is -2.32. The van der Waals surface area contributed by atoms with Crippen LogP contribution in [0, 0.1) is 20.8 Å². The van der Waals surface area contributed by atoms with Crippen LogP contribution in [0.5, 0.6) is 0 Å². The zero-order valence-electron chi connectivity index (χ0n) is 12.5. The molecule has 2 aromatic rings. The number of aryl methyl sites for hydroxylation is 3. The van der Waals surface area contributed by atoms with Crippen LogP contribution >= 0.6 is 11.6 Å². The highest BCUT2D eigenvalue weighted by Gasteiger charge is 2.24. The van der Waals surface area contributed by atoms with Crippen LogP contribution in [-0.2, 0) is 0 Å². The third kappa shape index (κ3) is 2.40. The molecule has 21 heavy (non-hydrogen) atoms. The van der Waals surface area contributed by atoms with Crippen LogP contribution in [-0.4, -0.2) is 0 Å². The third-order valence-corrected chi connectivity index (χ3v) is 4.28. The largest absolute Gasteiger partial charge is 0.361 e. The maximum atomic E-state index is 6.27. The smallest absolute Gasteiger partial charge is 0.124 e. The standard InChI is InChI=1S/C18H19ClN2/c1-10-8-11(2)16(12(3)9-10)18-20-13(4)17-14(19)6-5-7-15(17)21-18/h5-9,18,20-21H,4H2,1-3H3. The normalized spacial score (nSPS) is 17.0. The first kappa shape index (κ1) is 14.0. The monoisotopic (exact) mass is 298 g/mol. The molecule has 1 atom stereocenters. The van der Waals surface area contributed by atoms with Crippen LogP contribution in [0.4, 0.5) is 5.69 Å². The molecule has 0 radical (unpaired) electrons. The molecule has 0 bridgehead atoms. The van der Waals surface area contributed by atoms with E-state index in [1.54, 1.807) is 0 Å². The Morgan fingerprint density at radius 2 is 1.71 bits per heavy atom. The molecule has 1 heterocycles. The molecule has 3 heteroatoms. The van der Waals surface area contributed by atoms with Crippen LogP contribution in [0.2, 0.25) is 5.02 Å². The molecule has 1 aliphatic heterocycles. The molecule has 3 rings (SSSR count). The average Bonchev–Trinajstić information content (AvgIpc) is 2.37. The molecule has 2 nitrogen and oxygen atoms in total. The van der Waals surface area contributed by atoms with Crippen molar-refractivity contribution in [2.75, 3.05) is 5.32 Å². The Bertz CT molecular complexity index is 711. The second-order valence-corrected chi connectivity index (χ2v) is 6.08. The molecule has 1 unspecified atom stereocenters. The number of rotatable bonds is 1. The van der Waals surface area contributed by atoms with Crippen molar-refractivity contribution < 1.29 is 0 Å². The highest BCUT2D eigenvalue weighted by molar-refractivity contribution is 6.33. The van der Waals surface area contributed by atoms with Gasteiger partial charge in [0.2, 0.25) is 0 Å². The molecular weight excluding hydrogens is 280 g/mol. The number of hydrogen-bond acceptors (Lipinski definition) is 2. The number of nitrogens with one attached hydrogen (secondary N) is 2. The Hall–Kier alpha value is -1.93. The van der Waals surface area contributed by atoms with Crippen LogP contribution in [0.3, 0.4) is 0 Å². The molecule has 2 N–H and O–H groups in total. The van der Waals surface area contributed by atoms with Crippen molar-refractivity contribution >= 4 is 23.0 Å². The lowest BCUT2D eigenvalue weighted by Gasteiger charge is -2.33. The van der Waals surface area contributed by atoms with Gasteiger partial charge in [0.25, 0.3) is 0 Å². The van der Waals surface area contributed by atoms with Crippen molar-refractivity contribution in [3.63, 3.8) is 0 Å². The highest BCUT2D eigenvalue weighted by atomic mass is 35.5. The van der Waals surface area contributed by atoms with E-state index < -0.39 is 0 Å². The summed E-state index contributed by atoms with van der Waals surface area (Å²) in [6.45, 7) is 10.6. The van der Waals surface area contributed by atoms with Crippen molar-refractivity contribution in [3.8, 4) is 0 Å². The minimum absolute atomic E-state index is 0.0177. The lowest BCUT2D eigenvalue weighted by molar-refractivity contribution is 0.693. The van der Waals surface area contributed by atoms with Gasteiger partial charge in [0.05, 0.1) is 5.02 Å². The van der Waals surface area contributed by atoms with E-state index in [4.69, 9.17) is 11.6 Å². The number of benzene rings is 2. The van der Waals surface area contributed by atoms with Crippen LogP contribution in [0.1, 0.15) is 34.0 Å². The minimum Gasteiger partial charge on any atom is -0.361 e. The predicted octanol–water partition coefficient (Wildman–Crippen LogP) is 4.95.